The second kappa shape index (κ2) is 3.03. The van der Waals surface area contributed by atoms with Crippen molar-refractivity contribution in [2.24, 2.45) is 5.73 Å². The molecule has 0 amide bonds. The van der Waals surface area contributed by atoms with Gasteiger partial charge in [0.25, 0.3) is 0 Å². The van der Waals surface area contributed by atoms with Crippen LogP contribution in [0.25, 0.3) is 0 Å². The summed E-state index contributed by atoms with van der Waals surface area (Å²) < 4.78 is 1.77. The highest BCUT2D eigenvalue weighted by Crippen LogP contribution is 2.12. The van der Waals surface area contributed by atoms with Gasteiger partial charge < -0.3 is 5.73 Å². The molecular formula is C6H10ClN3. The predicted octanol–water partition coefficient (Wildman–Crippen LogP) is 1.02. The highest BCUT2D eigenvalue weighted by molar-refractivity contribution is 6.31. The number of hydrogen-bond donors (Lipinski definition) is 1. The van der Waals surface area contributed by atoms with Crippen molar-refractivity contribution in [3.8, 4) is 0 Å². The minimum Gasteiger partial charge on any atom is -0.325 e. The molecule has 0 fully saturated rings. The molecule has 0 radical (unpaired) electrons. The first-order valence-electron chi connectivity index (χ1n) is 3.19. The van der Waals surface area contributed by atoms with Crippen molar-refractivity contribution in [1.29, 1.82) is 0 Å². The molecule has 0 saturated carbocycles. The van der Waals surface area contributed by atoms with Gasteiger partial charge in [-0.1, -0.05) is 11.6 Å². The average Bonchev–Trinajstić information content (AvgIpc) is 2.30. The molecule has 1 aromatic heterocycles. The second-order valence-electron chi connectivity index (χ2n) is 1.98. The van der Waals surface area contributed by atoms with Gasteiger partial charge in [-0.2, -0.15) is 5.10 Å². The van der Waals surface area contributed by atoms with Crippen molar-refractivity contribution in [2.75, 3.05) is 0 Å². The van der Waals surface area contributed by atoms with Crippen LogP contribution < -0.4 is 5.73 Å². The molecule has 0 unspecified atom stereocenters. The Labute approximate surface area is 64.8 Å². The largest absolute Gasteiger partial charge is 0.325 e. The molecule has 10 heavy (non-hydrogen) atoms. The summed E-state index contributed by atoms with van der Waals surface area (Å²) in [6.07, 6.45) is 1.78. The fourth-order valence-corrected chi connectivity index (χ4v) is 0.965. The van der Waals surface area contributed by atoms with E-state index < -0.39 is 0 Å². The van der Waals surface area contributed by atoms with Crippen molar-refractivity contribution >= 4 is 11.6 Å². The minimum atomic E-state index is 0.409. The molecule has 0 atom stereocenters. The molecule has 4 heteroatoms. The van der Waals surface area contributed by atoms with Crippen LogP contribution in [0.15, 0.2) is 6.20 Å². The number of hydrogen-bond acceptors (Lipinski definition) is 2. The van der Waals surface area contributed by atoms with Crippen LogP contribution in [-0.4, -0.2) is 9.78 Å². The van der Waals surface area contributed by atoms with E-state index in [1.165, 1.54) is 0 Å². The maximum absolute atomic E-state index is 5.76. The third-order valence-electron chi connectivity index (χ3n) is 1.30. The van der Waals surface area contributed by atoms with Gasteiger partial charge in [-0.3, -0.25) is 4.68 Å². The Morgan fingerprint density at radius 2 is 2.50 bits per heavy atom. The summed E-state index contributed by atoms with van der Waals surface area (Å²) in [5.74, 6) is 0. The van der Waals surface area contributed by atoms with Crippen molar-refractivity contribution < 1.29 is 0 Å². The van der Waals surface area contributed by atoms with Crippen LogP contribution in [0.1, 0.15) is 12.6 Å². The standard InChI is InChI=1S/C6H10ClN3/c1-2-10-4-5(7)6(3-8)9-10/h4H,2-3,8H2,1H3. The van der Waals surface area contributed by atoms with E-state index in [0.29, 0.717) is 11.6 Å². The molecule has 0 bridgehead atoms. The molecule has 0 aliphatic heterocycles. The Balaban J connectivity index is 2.92. The van der Waals surface area contributed by atoms with Crippen LogP contribution in [0.5, 0.6) is 0 Å². The third-order valence-corrected chi connectivity index (χ3v) is 1.62. The number of halogens is 1. The molecule has 0 aromatic carbocycles. The van der Waals surface area contributed by atoms with E-state index >= 15 is 0 Å². The Hall–Kier alpha value is -0.540. The SMILES string of the molecule is CCn1cc(Cl)c(CN)n1. The highest BCUT2D eigenvalue weighted by atomic mass is 35.5. The smallest absolute Gasteiger partial charge is 0.0946 e. The van der Waals surface area contributed by atoms with Crippen LogP contribution in [0.2, 0.25) is 5.02 Å². The van der Waals surface area contributed by atoms with Gasteiger partial charge in [0.1, 0.15) is 0 Å². The molecule has 56 valence electrons. The number of nitrogens with two attached hydrogens (primary N) is 1. The Morgan fingerprint density at radius 3 is 2.80 bits per heavy atom. The van der Waals surface area contributed by atoms with Crippen LogP contribution in [0, 0.1) is 0 Å². The van der Waals surface area contributed by atoms with Crippen LogP contribution in [0.3, 0.4) is 0 Å². The quantitative estimate of drug-likeness (QED) is 0.700. The number of rotatable bonds is 2. The summed E-state index contributed by atoms with van der Waals surface area (Å²) in [6, 6.07) is 0. The normalized spacial score (nSPS) is 10.3. The summed E-state index contributed by atoms with van der Waals surface area (Å²) in [7, 11) is 0. The Kier molecular flexibility index (Phi) is 2.29. The van der Waals surface area contributed by atoms with Gasteiger partial charge in [0.2, 0.25) is 0 Å². The molecule has 1 aromatic rings. The predicted molar refractivity (Wildman–Crippen MR) is 40.8 cm³/mol. The first-order valence-corrected chi connectivity index (χ1v) is 3.57. The zero-order chi connectivity index (χ0) is 7.56. The summed E-state index contributed by atoms with van der Waals surface area (Å²) in [5, 5.41) is 4.76. The molecule has 0 spiro atoms. The average molecular weight is 160 g/mol. The summed E-state index contributed by atoms with van der Waals surface area (Å²) in [4.78, 5) is 0. The topological polar surface area (TPSA) is 43.8 Å². The number of nitrogens with zero attached hydrogens (tertiary/aromatic N) is 2. The molecule has 2 N–H and O–H groups in total. The maximum atomic E-state index is 5.76. The van der Waals surface area contributed by atoms with Crippen LogP contribution >= 0.6 is 11.6 Å². The third kappa shape index (κ3) is 1.30. The van der Waals surface area contributed by atoms with Gasteiger partial charge in [0.05, 0.1) is 10.7 Å². The van der Waals surface area contributed by atoms with Crippen molar-refractivity contribution in [3.05, 3.63) is 16.9 Å². The van der Waals surface area contributed by atoms with Crippen molar-refractivity contribution in [3.63, 3.8) is 0 Å². The molecule has 0 saturated heterocycles. The van der Waals surface area contributed by atoms with Gasteiger partial charge in [-0.25, -0.2) is 0 Å². The molecular weight excluding hydrogens is 150 g/mol. The van der Waals surface area contributed by atoms with E-state index in [-0.39, 0.29) is 0 Å². The minimum absolute atomic E-state index is 0.409. The van der Waals surface area contributed by atoms with E-state index in [1.807, 2.05) is 6.92 Å². The lowest BCUT2D eigenvalue weighted by molar-refractivity contribution is 0.647. The highest BCUT2D eigenvalue weighted by Gasteiger charge is 2.01. The Morgan fingerprint density at radius 1 is 1.80 bits per heavy atom. The van der Waals surface area contributed by atoms with Gasteiger partial charge in [0, 0.05) is 19.3 Å². The van der Waals surface area contributed by atoms with Crippen LogP contribution in [0.4, 0.5) is 0 Å². The fourth-order valence-electron chi connectivity index (χ4n) is 0.737. The van der Waals surface area contributed by atoms with Gasteiger partial charge in [-0.15, -0.1) is 0 Å². The molecule has 0 aliphatic rings. The van der Waals surface area contributed by atoms with Crippen LogP contribution in [-0.2, 0) is 13.1 Å². The maximum Gasteiger partial charge on any atom is 0.0946 e. The van der Waals surface area contributed by atoms with Gasteiger partial charge in [0.15, 0.2) is 0 Å². The fraction of sp³-hybridized carbons (Fsp3) is 0.500. The van der Waals surface area contributed by atoms with Crippen molar-refractivity contribution in [2.45, 2.75) is 20.0 Å². The van der Waals surface area contributed by atoms with Gasteiger partial charge in [-0.05, 0) is 6.92 Å². The summed E-state index contributed by atoms with van der Waals surface area (Å²) >= 11 is 5.76. The zero-order valence-electron chi connectivity index (χ0n) is 5.84. The zero-order valence-corrected chi connectivity index (χ0v) is 6.60. The monoisotopic (exact) mass is 159 g/mol. The van der Waals surface area contributed by atoms with E-state index in [4.69, 9.17) is 17.3 Å². The van der Waals surface area contributed by atoms with E-state index in [2.05, 4.69) is 5.10 Å². The van der Waals surface area contributed by atoms with E-state index in [1.54, 1.807) is 10.9 Å². The number of aryl methyl sites for hydroxylation is 1. The first kappa shape index (κ1) is 7.57. The summed E-state index contributed by atoms with van der Waals surface area (Å²) in [5.41, 5.74) is 6.13. The molecule has 3 nitrogen and oxygen atoms in total. The van der Waals surface area contributed by atoms with E-state index in [9.17, 15) is 0 Å². The van der Waals surface area contributed by atoms with Gasteiger partial charge >= 0.3 is 0 Å². The Bertz CT molecular complexity index is 219. The number of aromatic nitrogens is 2. The lowest BCUT2D eigenvalue weighted by Crippen LogP contribution is -2.00. The molecule has 0 aliphatic carbocycles. The summed E-state index contributed by atoms with van der Waals surface area (Å²) in [6.45, 7) is 3.25. The molecule has 1 rings (SSSR count). The van der Waals surface area contributed by atoms with Crippen molar-refractivity contribution in [1.82, 2.24) is 9.78 Å². The first-order chi connectivity index (χ1) is 4.77. The lowest BCUT2D eigenvalue weighted by Gasteiger charge is -1.90. The van der Waals surface area contributed by atoms with E-state index in [0.717, 1.165) is 12.2 Å². The second-order valence-corrected chi connectivity index (χ2v) is 2.39. The lowest BCUT2D eigenvalue weighted by atomic mass is 10.4. The molecule has 1 heterocycles.